The lowest BCUT2D eigenvalue weighted by Crippen LogP contribution is -2.54. The average molecular weight is 853 g/mol. The molecule has 0 saturated heterocycles. The fourth-order valence-electron chi connectivity index (χ4n) is 20.1. The van der Waals surface area contributed by atoms with Crippen LogP contribution in [0.15, 0.2) is 23.8 Å². The SMILES string of the molecule is C[C@H](/C=C/C1CCCCCC1)[C@H]1CC[C@H]2[C@@H]3CC=C4C[C@@H](O)CC[C@]4(C)[C@H]3CC[C@]12C.C[C@H](CCC1CCCCCC1)[C@H]1CC[C@H]2[C@@H]3CCC4C[C@@H](O)CC[C@]4(C)[C@H]3CC[C@]12C. The molecular weight excluding hydrogens is 753 g/mol. The second kappa shape index (κ2) is 19.2. The smallest absolute Gasteiger partial charge is 0.0577 e. The molecule has 9 fully saturated rings. The van der Waals surface area contributed by atoms with Crippen molar-refractivity contribution in [2.24, 2.45) is 98.6 Å². The second-order valence-corrected chi connectivity index (χ2v) is 26.6. The van der Waals surface area contributed by atoms with Crippen molar-refractivity contribution in [2.75, 3.05) is 0 Å². The molecule has 9 saturated carbocycles. The Morgan fingerprint density at radius 2 is 1.18 bits per heavy atom. The molecule has 0 amide bonds. The molecule has 2 heteroatoms. The summed E-state index contributed by atoms with van der Waals surface area (Å²) in [6.45, 7) is 15.8. The van der Waals surface area contributed by atoms with E-state index in [1.807, 2.05) is 0 Å². The van der Waals surface area contributed by atoms with E-state index in [2.05, 4.69) is 59.8 Å². The van der Waals surface area contributed by atoms with Crippen LogP contribution in [0.1, 0.15) is 241 Å². The monoisotopic (exact) mass is 853 g/mol. The summed E-state index contributed by atoms with van der Waals surface area (Å²) < 4.78 is 0. The molecule has 2 nitrogen and oxygen atoms in total. The summed E-state index contributed by atoms with van der Waals surface area (Å²) in [6.07, 6.45) is 51.2. The Bertz CT molecular complexity index is 1530. The summed E-state index contributed by atoms with van der Waals surface area (Å²) >= 11 is 0. The summed E-state index contributed by atoms with van der Waals surface area (Å²) in [5, 5.41) is 20.6. The van der Waals surface area contributed by atoms with Crippen molar-refractivity contribution in [3.8, 4) is 0 Å². The van der Waals surface area contributed by atoms with Crippen molar-refractivity contribution in [1.29, 1.82) is 0 Å². The maximum absolute atomic E-state index is 10.3. The van der Waals surface area contributed by atoms with Gasteiger partial charge in [0.2, 0.25) is 0 Å². The number of hydrogen-bond donors (Lipinski definition) is 2. The number of aliphatic hydroxyl groups is 2. The predicted molar refractivity (Wildman–Crippen MR) is 262 cm³/mol. The zero-order chi connectivity index (χ0) is 43.3. The van der Waals surface area contributed by atoms with Gasteiger partial charge in [-0.15, -0.1) is 0 Å². The molecule has 0 aromatic rings. The summed E-state index contributed by atoms with van der Waals surface area (Å²) in [7, 11) is 0. The highest BCUT2D eigenvalue weighted by molar-refractivity contribution is 5.25. The highest BCUT2D eigenvalue weighted by atomic mass is 16.3. The molecule has 10 aliphatic carbocycles. The van der Waals surface area contributed by atoms with Crippen LogP contribution in [0.2, 0.25) is 0 Å². The molecule has 0 spiro atoms. The van der Waals surface area contributed by atoms with Gasteiger partial charge in [0, 0.05) is 0 Å². The first kappa shape index (κ1) is 46.5. The molecule has 0 radical (unpaired) electrons. The van der Waals surface area contributed by atoms with Crippen molar-refractivity contribution < 1.29 is 10.2 Å². The summed E-state index contributed by atoms with van der Waals surface area (Å²) in [5.41, 5.74) is 3.70. The highest BCUT2D eigenvalue weighted by Crippen LogP contribution is 2.70. The molecule has 10 aliphatic rings. The molecule has 0 heterocycles. The van der Waals surface area contributed by atoms with Crippen molar-refractivity contribution >= 4 is 0 Å². The van der Waals surface area contributed by atoms with E-state index in [4.69, 9.17) is 0 Å². The minimum Gasteiger partial charge on any atom is -0.393 e. The zero-order valence-electron chi connectivity index (χ0n) is 41.7. The molecule has 2 N–H and O–H groups in total. The van der Waals surface area contributed by atoms with Gasteiger partial charge in [0.05, 0.1) is 12.2 Å². The van der Waals surface area contributed by atoms with Gasteiger partial charge in [-0.05, 0) is 221 Å². The average Bonchev–Trinajstić information content (AvgIpc) is 3.51. The molecule has 352 valence electrons. The van der Waals surface area contributed by atoms with Crippen molar-refractivity contribution in [2.45, 2.75) is 253 Å². The van der Waals surface area contributed by atoms with E-state index in [1.54, 1.807) is 5.57 Å². The van der Waals surface area contributed by atoms with Crippen molar-refractivity contribution in [3.05, 3.63) is 23.8 Å². The molecule has 17 atom stereocenters. The van der Waals surface area contributed by atoms with E-state index in [0.29, 0.717) is 21.7 Å². The lowest BCUT2D eigenvalue weighted by molar-refractivity contribution is -0.129. The zero-order valence-corrected chi connectivity index (χ0v) is 41.7. The summed E-state index contributed by atoms with van der Waals surface area (Å²) in [5.74, 6) is 11.9. The lowest BCUT2D eigenvalue weighted by atomic mass is 9.44. The summed E-state index contributed by atoms with van der Waals surface area (Å²) in [4.78, 5) is 0. The quantitative estimate of drug-likeness (QED) is 0.198. The van der Waals surface area contributed by atoms with E-state index in [0.717, 1.165) is 103 Å². The third-order valence-electron chi connectivity index (χ3n) is 23.8. The minimum absolute atomic E-state index is 0.00588. The van der Waals surface area contributed by atoms with Crippen LogP contribution in [-0.4, -0.2) is 22.4 Å². The van der Waals surface area contributed by atoms with E-state index in [-0.39, 0.29) is 12.2 Å². The van der Waals surface area contributed by atoms with Crippen LogP contribution in [0.5, 0.6) is 0 Å². The first-order valence-electron chi connectivity index (χ1n) is 28.6. The first-order valence-corrected chi connectivity index (χ1v) is 28.6. The highest BCUT2D eigenvalue weighted by Gasteiger charge is 2.61. The Hall–Kier alpha value is -0.600. The van der Waals surface area contributed by atoms with Gasteiger partial charge < -0.3 is 10.2 Å². The second-order valence-electron chi connectivity index (χ2n) is 26.6. The first-order chi connectivity index (χ1) is 29.8. The van der Waals surface area contributed by atoms with Crippen molar-refractivity contribution in [1.82, 2.24) is 0 Å². The van der Waals surface area contributed by atoms with E-state index >= 15 is 0 Å². The lowest BCUT2D eigenvalue weighted by Gasteiger charge is -2.61. The number of allylic oxidation sites excluding steroid dienone is 3. The van der Waals surface area contributed by atoms with Gasteiger partial charge in [-0.3, -0.25) is 0 Å². The standard InChI is InChI=1S/C30H52O.C30H48O/c2*1-21(10-11-22-8-6-4-5-7-9-22)26-14-15-27-25-13-12-23-20-24(31)16-18-29(23,2)28(25)17-19-30(26,27)3/h21-28,31H,4-20H2,1-3H3;10-12,21-22,24-28,31H,4-9,13-20H2,1-3H3/b;11-10+/t21-,23?,24+,25+,26-,27+,28+,29+,30-;21-,24+,25+,26-,27+,28+,29+,30-/m11/s1. The molecule has 10 rings (SSSR count). The van der Waals surface area contributed by atoms with E-state index in [1.165, 1.54) is 173 Å². The maximum atomic E-state index is 10.3. The topological polar surface area (TPSA) is 40.5 Å². The maximum Gasteiger partial charge on any atom is 0.0577 e. The van der Waals surface area contributed by atoms with Crippen LogP contribution in [0.3, 0.4) is 0 Å². The van der Waals surface area contributed by atoms with Gasteiger partial charge in [-0.25, -0.2) is 0 Å². The molecule has 0 aromatic heterocycles. The number of rotatable bonds is 7. The number of aliphatic hydroxyl groups excluding tert-OH is 2. The largest absolute Gasteiger partial charge is 0.393 e. The normalized spacial score (nSPS) is 48.4. The minimum atomic E-state index is -0.0818. The summed E-state index contributed by atoms with van der Waals surface area (Å²) in [6, 6.07) is 0. The molecule has 0 bridgehead atoms. The third kappa shape index (κ3) is 8.84. The van der Waals surface area contributed by atoms with Gasteiger partial charge >= 0.3 is 0 Å². The fourth-order valence-corrected chi connectivity index (χ4v) is 20.1. The Morgan fingerprint density at radius 3 is 1.90 bits per heavy atom. The Balaban J connectivity index is 0.000000158. The Kier molecular flexibility index (Phi) is 14.4. The third-order valence-corrected chi connectivity index (χ3v) is 23.8. The fraction of sp³-hybridized carbons (Fsp3) is 0.933. The predicted octanol–water partition coefficient (Wildman–Crippen LogP) is 16.5. The van der Waals surface area contributed by atoms with Gasteiger partial charge in [-0.1, -0.05) is 142 Å². The van der Waals surface area contributed by atoms with Gasteiger partial charge in [-0.2, -0.15) is 0 Å². The Morgan fingerprint density at radius 1 is 0.581 bits per heavy atom. The van der Waals surface area contributed by atoms with E-state index < -0.39 is 0 Å². The molecular formula is C60H100O2. The molecule has 62 heavy (non-hydrogen) atoms. The van der Waals surface area contributed by atoms with Gasteiger partial charge in [0.25, 0.3) is 0 Å². The Labute approximate surface area is 383 Å². The molecule has 0 aromatic carbocycles. The number of hydrogen-bond acceptors (Lipinski definition) is 2. The number of fused-ring (bicyclic) bond motifs is 10. The van der Waals surface area contributed by atoms with Crippen molar-refractivity contribution in [3.63, 3.8) is 0 Å². The van der Waals surface area contributed by atoms with Crippen LogP contribution in [0.25, 0.3) is 0 Å². The van der Waals surface area contributed by atoms with Crippen LogP contribution in [-0.2, 0) is 0 Å². The molecule has 0 aliphatic heterocycles. The van der Waals surface area contributed by atoms with Gasteiger partial charge in [0.1, 0.15) is 0 Å². The van der Waals surface area contributed by atoms with Crippen LogP contribution in [0, 0.1) is 98.6 Å². The van der Waals surface area contributed by atoms with E-state index in [9.17, 15) is 10.2 Å². The van der Waals surface area contributed by atoms with Gasteiger partial charge in [0.15, 0.2) is 0 Å². The van der Waals surface area contributed by atoms with Crippen LogP contribution < -0.4 is 0 Å². The van der Waals surface area contributed by atoms with Crippen LogP contribution in [0.4, 0.5) is 0 Å². The van der Waals surface area contributed by atoms with Crippen LogP contribution >= 0.6 is 0 Å². The molecule has 1 unspecified atom stereocenters.